The Balaban J connectivity index is 0.00000196. The zero-order chi connectivity index (χ0) is 10.6. The molecule has 0 radical (unpaired) electrons. The number of imidazole rings is 1. The highest BCUT2D eigenvalue weighted by atomic mass is 14.9. The van der Waals surface area contributed by atoms with Gasteiger partial charge in [-0.3, -0.25) is 0 Å². The van der Waals surface area contributed by atoms with E-state index in [0.717, 1.165) is 12.2 Å². The number of aryl methyl sites for hydroxylation is 1. The first-order valence-electron chi connectivity index (χ1n) is 5.18. The SMILES string of the molecule is C/C=C\c1ncc(CCC(C)(C)C)[nH]1.[HH]. The molecule has 80 valence electrons. The molecule has 0 spiro atoms. The van der Waals surface area contributed by atoms with Gasteiger partial charge in [0.2, 0.25) is 0 Å². The molecule has 0 fully saturated rings. The first-order valence-corrected chi connectivity index (χ1v) is 5.18. The molecule has 1 heterocycles. The maximum Gasteiger partial charge on any atom is 0.129 e. The Hall–Kier alpha value is -1.05. The summed E-state index contributed by atoms with van der Waals surface area (Å²) in [6.45, 7) is 8.78. The van der Waals surface area contributed by atoms with Crippen LogP contribution in [0.2, 0.25) is 0 Å². The molecule has 2 heteroatoms. The van der Waals surface area contributed by atoms with E-state index in [1.807, 2.05) is 25.3 Å². The molecule has 0 aliphatic heterocycles. The fourth-order valence-electron chi connectivity index (χ4n) is 1.26. The van der Waals surface area contributed by atoms with E-state index in [4.69, 9.17) is 0 Å². The van der Waals surface area contributed by atoms with Gasteiger partial charge in [-0.2, -0.15) is 0 Å². The molecule has 0 aliphatic carbocycles. The Morgan fingerprint density at radius 2 is 2.21 bits per heavy atom. The Labute approximate surface area is 87.9 Å². The van der Waals surface area contributed by atoms with Crippen LogP contribution in [-0.2, 0) is 6.42 Å². The largest absolute Gasteiger partial charge is 0.342 e. The van der Waals surface area contributed by atoms with Crippen LogP contribution in [0.4, 0.5) is 0 Å². The molecule has 0 amide bonds. The normalized spacial score (nSPS) is 12.6. The highest BCUT2D eigenvalue weighted by Gasteiger charge is 2.10. The predicted octanol–water partition coefficient (Wildman–Crippen LogP) is 3.67. The van der Waals surface area contributed by atoms with Crippen LogP contribution in [0.3, 0.4) is 0 Å². The van der Waals surface area contributed by atoms with Crippen LogP contribution in [0.5, 0.6) is 0 Å². The lowest BCUT2D eigenvalue weighted by Crippen LogP contribution is -2.06. The molecule has 14 heavy (non-hydrogen) atoms. The summed E-state index contributed by atoms with van der Waals surface area (Å²) in [5.74, 6) is 0.955. The molecular weight excluding hydrogens is 172 g/mol. The predicted molar refractivity (Wildman–Crippen MR) is 63.2 cm³/mol. The van der Waals surface area contributed by atoms with Gasteiger partial charge in [-0.25, -0.2) is 4.98 Å². The Bertz CT molecular complexity index is 308. The molecule has 0 atom stereocenters. The zero-order valence-electron chi connectivity index (χ0n) is 9.59. The number of hydrogen-bond donors (Lipinski definition) is 1. The van der Waals surface area contributed by atoms with Crippen molar-refractivity contribution < 1.29 is 1.43 Å². The number of rotatable bonds is 3. The third kappa shape index (κ3) is 3.77. The van der Waals surface area contributed by atoms with Crippen molar-refractivity contribution in [2.45, 2.75) is 40.5 Å². The molecule has 1 aromatic heterocycles. The number of allylic oxidation sites excluding steroid dienone is 1. The molecule has 0 unspecified atom stereocenters. The Morgan fingerprint density at radius 1 is 1.50 bits per heavy atom. The third-order valence-electron chi connectivity index (χ3n) is 2.12. The molecular formula is C12H22N2. The van der Waals surface area contributed by atoms with Crippen LogP contribution in [0, 0.1) is 5.41 Å². The molecule has 1 N–H and O–H groups in total. The average Bonchev–Trinajstić information content (AvgIpc) is 2.49. The van der Waals surface area contributed by atoms with Crippen molar-refractivity contribution in [1.29, 1.82) is 0 Å². The molecule has 1 rings (SSSR count). The van der Waals surface area contributed by atoms with Crippen LogP contribution in [0.1, 0.15) is 47.1 Å². The number of aromatic nitrogens is 2. The first-order chi connectivity index (χ1) is 6.51. The summed E-state index contributed by atoms with van der Waals surface area (Å²) in [5.41, 5.74) is 1.62. The average molecular weight is 194 g/mol. The van der Waals surface area contributed by atoms with Crippen LogP contribution < -0.4 is 0 Å². The van der Waals surface area contributed by atoms with Gasteiger partial charge in [-0.15, -0.1) is 0 Å². The second-order valence-corrected chi connectivity index (χ2v) is 4.85. The van der Waals surface area contributed by atoms with E-state index in [2.05, 4.69) is 30.7 Å². The highest BCUT2D eigenvalue weighted by Crippen LogP contribution is 2.20. The molecule has 0 aromatic carbocycles. The summed E-state index contributed by atoms with van der Waals surface area (Å²) < 4.78 is 0. The van der Waals surface area contributed by atoms with Crippen molar-refractivity contribution in [2.24, 2.45) is 5.41 Å². The minimum Gasteiger partial charge on any atom is -0.342 e. The summed E-state index contributed by atoms with van der Waals surface area (Å²) in [7, 11) is 0. The van der Waals surface area contributed by atoms with E-state index in [1.54, 1.807) is 0 Å². The van der Waals surface area contributed by atoms with Gasteiger partial charge < -0.3 is 4.98 Å². The van der Waals surface area contributed by atoms with E-state index >= 15 is 0 Å². The van der Waals surface area contributed by atoms with Crippen LogP contribution in [0.15, 0.2) is 12.3 Å². The summed E-state index contributed by atoms with van der Waals surface area (Å²) in [4.78, 5) is 7.55. The van der Waals surface area contributed by atoms with E-state index in [-0.39, 0.29) is 1.43 Å². The fourth-order valence-corrected chi connectivity index (χ4v) is 1.26. The molecule has 0 saturated carbocycles. The van der Waals surface area contributed by atoms with Gasteiger partial charge in [-0.1, -0.05) is 26.8 Å². The molecule has 2 nitrogen and oxygen atoms in total. The van der Waals surface area contributed by atoms with E-state index in [1.165, 1.54) is 12.1 Å². The van der Waals surface area contributed by atoms with Gasteiger partial charge in [0, 0.05) is 13.3 Å². The van der Waals surface area contributed by atoms with Crippen LogP contribution >= 0.6 is 0 Å². The van der Waals surface area contributed by atoms with Gasteiger partial charge in [0.15, 0.2) is 0 Å². The zero-order valence-corrected chi connectivity index (χ0v) is 9.59. The molecule has 0 aliphatic rings. The molecule has 0 saturated heterocycles. The monoisotopic (exact) mass is 194 g/mol. The number of nitrogens with zero attached hydrogens (tertiary/aromatic N) is 1. The minimum absolute atomic E-state index is 0. The Kier molecular flexibility index (Phi) is 3.50. The van der Waals surface area contributed by atoms with Crippen molar-refractivity contribution in [3.05, 3.63) is 23.8 Å². The quantitative estimate of drug-likeness (QED) is 0.781. The summed E-state index contributed by atoms with van der Waals surface area (Å²) in [5, 5.41) is 0. The minimum atomic E-state index is 0. The third-order valence-corrected chi connectivity index (χ3v) is 2.12. The number of H-pyrrole nitrogens is 1. The van der Waals surface area contributed by atoms with Crippen LogP contribution in [0.25, 0.3) is 6.08 Å². The maximum atomic E-state index is 4.26. The first kappa shape index (κ1) is 11.0. The van der Waals surface area contributed by atoms with Gasteiger partial charge in [0.1, 0.15) is 5.82 Å². The number of aromatic amines is 1. The second kappa shape index (κ2) is 4.45. The summed E-state index contributed by atoms with van der Waals surface area (Å²) >= 11 is 0. The highest BCUT2D eigenvalue weighted by molar-refractivity contribution is 5.39. The lowest BCUT2D eigenvalue weighted by molar-refractivity contribution is 0.376. The van der Waals surface area contributed by atoms with Crippen LogP contribution in [-0.4, -0.2) is 9.97 Å². The van der Waals surface area contributed by atoms with Gasteiger partial charge in [0.25, 0.3) is 0 Å². The van der Waals surface area contributed by atoms with E-state index in [0.29, 0.717) is 5.41 Å². The van der Waals surface area contributed by atoms with E-state index < -0.39 is 0 Å². The van der Waals surface area contributed by atoms with Crippen molar-refractivity contribution >= 4 is 6.08 Å². The molecule has 1 aromatic rings. The van der Waals surface area contributed by atoms with Crippen molar-refractivity contribution in [1.82, 2.24) is 9.97 Å². The summed E-state index contributed by atoms with van der Waals surface area (Å²) in [6, 6.07) is 0. The van der Waals surface area contributed by atoms with Gasteiger partial charge >= 0.3 is 0 Å². The topological polar surface area (TPSA) is 28.7 Å². The van der Waals surface area contributed by atoms with Crippen molar-refractivity contribution in [2.75, 3.05) is 0 Å². The number of hydrogen-bond acceptors (Lipinski definition) is 1. The standard InChI is InChI=1S/C12H20N2.H2/c1-5-6-11-13-9-10(14-11)7-8-12(2,3)4;/h5-6,9H,7-8H2,1-4H3,(H,13,14);1H/b6-5-;. The summed E-state index contributed by atoms with van der Waals surface area (Å²) in [6.07, 6.45) is 8.17. The fraction of sp³-hybridized carbons (Fsp3) is 0.583. The second-order valence-electron chi connectivity index (χ2n) is 4.85. The van der Waals surface area contributed by atoms with Crippen molar-refractivity contribution in [3.63, 3.8) is 0 Å². The lowest BCUT2D eigenvalue weighted by Gasteiger charge is -2.16. The lowest BCUT2D eigenvalue weighted by atomic mass is 9.90. The van der Waals surface area contributed by atoms with Crippen molar-refractivity contribution in [3.8, 4) is 0 Å². The molecule has 0 bridgehead atoms. The number of nitrogens with one attached hydrogen (secondary N) is 1. The maximum absolute atomic E-state index is 4.26. The van der Waals surface area contributed by atoms with Gasteiger partial charge in [-0.05, 0) is 31.3 Å². The Morgan fingerprint density at radius 3 is 2.79 bits per heavy atom. The van der Waals surface area contributed by atoms with Gasteiger partial charge in [0.05, 0.1) is 0 Å². The smallest absolute Gasteiger partial charge is 0.129 e. The van der Waals surface area contributed by atoms with E-state index in [9.17, 15) is 0 Å².